The summed E-state index contributed by atoms with van der Waals surface area (Å²) in [5.74, 6) is -0.728. The number of sulfonamides is 1. The predicted octanol–water partition coefficient (Wildman–Crippen LogP) is 1.67. The molecule has 0 saturated heterocycles. The second-order valence-corrected chi connectivity index (χ2v) is 6.29. The van der Waals surface area contributed by atoms with Crippen molar-refractivity contribution in [1.82, 2.24) is 14.7 Å². The van der Waals surface area contributed by atoms with Gasteiger partial charge < -0.3 is 9.47 Å². The Bertz CT molecular complexity index is 784. The number of halogens is 1. The van der Waals surface area contributed by atoms with E-state index in [2.05, 4.69) is 14.7 Å². The minimum absolute atomic E-state index is 0.103. The number of hydrogen-bond acceptors (Lipinski definition) is 6. The van der Waals surface area contributed by atoms with Gasteiger partial charge in [0.1, 0.15) is 10.7 Å². The first-order chi connectivity index (χ1) is 10.9. The lowest BCUT2D eigenvalue weighted by molar-refractivity contribution is 0.350. The smallest absolute Gasteiger partial charge is 0.244 e. The van der Waals surface area contributed by atoms with Crippen LogP contribution in [0.1, 0.15) is 18.7 Å². The number of hydrogen-bond donors (Lipinski definition) is 1. The minimum atomic E-state index is -4.12. The van der Waals surface area contributed by atoms with Crippen LogP contribution in [0.5, 0.6) is 11.5 Å². The summed E-state index contributed by atoms with van der Waals surface area (Å²) in [4.78, 5) is 7.34. The summed E-state index contributed by atoms with van der Waals surface area (Å²) in [6.07, 6.45) is 4.34. The van der Waals surface area contributed by atoms with E-state index in [0.717, 1.165) is 12.1 Å². The van der Waals surface area contributed by atoms with E-state index >= 15 is 0 Å². The normalized spacial score (nSPS) is 12.7. The second kappa shape index (κ2) is 6.88. The highest BCUT2D eigenvalue weighted by Crippen LogP contribution is 2.32. The third kappa shape index (κ3) is 3.74. The maximum Gasteiger partial charge on any atom is 0.244 e. The van der Waals surface area contributed by atoms with Gasteiger partial charge in [-0.3, -0.25) is 9.97 Å². The number of rotatable bonds is 6. The van der Waals surface area contributed by atoms with Crippen LogP contribution >= 0.6 is 0 Å². The fraction of sp³-hybridized carbons (Fsp3) is 0.286. The molecule has 1 heterocycles. The molecule has 2 aromatic rings. The highest BCUT2D eigenvalue weighted by Gasteiger charge is 2.25. The molecule has 0 radical (unpaired) electrons. The minimum Gasteiger partial charge on any atom is -0.493 e. The number of ether oxygens (including phenoxy) is 2. The van der Waals surface area contributed by atoms with Gasteiger partial charge in [-0.2, -0.15) is 0 Å². The Labute approximate surface area is 133 Å². The zero-order valence-corrected chi connectivity index (χ0v) is 13.6. The van der Waals surface area contributed by atoms with Crippen molar-refractivity contribution in [3.05, 3.63) is 42.2 Å². The molecule has 0 saturated carbocycles. The summed E-state index contributed by atoms with van der Waals surface area (Å²) in [7, 11) is -1.46. The van der Waals surface area contributed by atoms with E-state index in [9.17, 15) is 12.8 Å². The average Bonchev–Trinajstić information content (AvgIpc) is 2.54. The van der Waals surface area contributed by atoms with E-state index in [-0.39, 0.29) is 11.5 Å². The molecule has 1 unspecified atom stereocenters. The Kier molecular flexibility index (Phi) is 5.12. The molecule has 1 aromatic carbocycles. The SMILES string of the molecule is COc1cc(F)c(S(=O)(=O)NC(C)c2cnccn2)cc1OC. The molecule has 2 rings (SSSR count). The second-order valence-electron chi connectivity index (χ2n) is 4.61. The van der Waals surface area contributed by atoms with E-state index < -0.39 is 26.8 Å². The maximum atomic E-state index is 14.1. The summed E-state index contributed by atoms with van der Waals surface area (Å²) >= 11 is 0. The van der Waals surface area contributed by atoms with E-state index in [1.165, 1.54) is 32.8 Å². The summed E-state index contributed by atoms with van der Waals surface area (Å²) < 4.78 is 51.2. The van der Waals surface area contributed by atoms with Gasteiger partial charge in [-0.15, -0.1) is 0 Å². The molecule has 7 nitrogen and oxygen atoms in total. The molecular formula is C14H16FN3O4S. The van der Waals surface area contributed by atoms with E-state index in [1.54, 1.807) is 6.92 Å². The van der Waals surface area contributed by atoms with Gasteiger partial charge in [-0.05, 0) is 6.92 Å². The Hall–Kier alpha value is -2.26. The van der Waals surface area contributed by atoms with Crippen LogP contribution < -0.4 is 14.2 Å². The van der Waals surface area contributed by atoms with Crippen molar-refractivity contribution in [1.29, 1.82) is 0 Å². The standard InChI is InChI=1S/C14H16FN3O4S/c1-9(11-8-16-4-5-17-11)18-23(19,20)14-7-13(22-3)12(21-2)6-10(14)15/h4-9,18H,1-3H3. The van der Waals surface area contributed by atoms with Gasteiger partial charge >= 0.3 is 0 Å². The highest BCUT2D eigenvalue weighted by molar-refractivity contribution is 7.89. The van der Waals surface area contributed by atoms with E-state index in [1.807, 2.05) is 0 Å². The van der Waals surface area contributed by atoms with Gasteiger partial charge in [0, 0.05) is 30.7 Å². The van der Waals surface area contributed by atoms with Gasteiger partial charge in [0.05, 0.1) is 26.0 Å². The number of nitrogens with one attached hydrogen (secondary N) is 1. The van der Waals surface area contributed by atoms with Crippen LogP contribution in [0, 0.1) is 5.82 Å². The third-order valence-corrected chi connectivity index (χ3v) is 4.64. The molecule has 0 bridgehead atoms. The van der Waals surface area contributed by atoms with Crippen LogP contribution in [0.3, 0.4) is 0 Å². The molecule has 1 aromatic heterocycles. The van der Waals surface area contributed by atoms with Gasteiger partial charge in [-0.25, -0.2) is 17.5 Å². The molecule has 0 spiro atoms. The summed E-state index contributed by atoms with van der Waals surface area (Å²) in [6.45, 7) is 1.58. The lowest BCUT2D eigenvalue weighted by Gasteiger charge is -2.15. The number of aromatic nitrogens is 2. The zero-order valence-electron chi connectivity index (χ0n) is 12.8. The highest BCUT2D eigenvalue weighted by atomic mass is 32.2. The van der Waals surface area contributed by atoms with Gasteiger partial charge in [0.2, 0.25) is 10.0 Å². The van der Waals surface area contributed by atoms with Gasteiger partial charge in [-0.1, -0.05) is 0 Å². The molecule has 1 N–H and O–H groups in total. The Morgan fingerprint density at radius 3 is 2.39 bits per heavy atom. The first kappa shape index (κ1) is 17.1. The topological polar surface area (TPSA) is 90.4 Å². The summed E-state index contributed by atoms with van der Waals surface area (Å²) in [6, 6.07) is 1.35. The number of nitrogens with zero attached hydrogens (tertiary/aromatic N) is 2. The maximum absolute atomic E-state index is 14.1. The average molecular weight is 341 g/mol. The van der Waals surface area contributed by atoms with E-state index in [0.29, 0.717) is 5.69 Å². The van der Waals surface area contributed by atoms with Gasteiger partial charge in [0.25, 0.3) is 0 Å². The van der Waals surface area contributed by atoms with Crippen molar-refractivity contribution in [2.45, 2.75) is 17.9 Å². The van der Waals surface area contributed by atoms with E-state index in [4.69, 9.17) is 9.47 Å². The largest absolute Gasteiger partial charge is 0.493 e. The van der Waals surface area contributed by atoms with Crippen LogP contribution in [0.15, 0.2) is 35.6 Å². The van der Waals surface area contributed by atoms with Crippen molar-refractivity contribution in [3.63, 3.8) is 0 Å². The van der Waals surface area contributed by atoms with Crippen LogP contribution in [0.4, 0.5) is 4.39 Å². The molecular weight excluding hydrogens is 325 g/mol. The van der Waals surface area contributed by atoms with Crippen molar-refractivity contribution in [3.8, 4) is 11.5 Å². The Morgan fingerprint density at radius 1 is 1.17 bits per heavy atom. The molecule has 0 fully saturated rings. The van der Waals surface area contributed by atoms with Crippen molar-refractivity contribution < 1.29 is 22.3 Å². The Morgan fingerprint density at radius 2 is 1.83 bits per heavy atom. The quantitative estimate of drug-likeness (QED) is 0.859. The molecule has 0 aliphatic rings. The third-order valence-electron chi connectivity index (χ3n) is 3.09. The predicted molar refractivity (Wildman–Crippen MR) is 80.3 cm³/mol. The summed E-state index contributed by atoms with van der Waals surface area (Å²) in [5.41, 5.74) is 0.414. The lowest BCUT2D eigenvalue weighted by atomic mass is 10.3. The van der Waals surface area contributed by atoms with Crippen LogP contribution in [-0.2, 0) is 10.0 Å². The van der Waals surface area contributed by atoms with Crippen molar-refractivity contribution >= 4 is 10.0 Å². The van der Waals surface area contributed by atoms with Crippen LogP contribution in [0.25, 0.3) is 0 Å². The Balaban J connectivity index is 2.36. The number of benzene rings is 1. The molecule has 0 aliphatic carbocycles. The van der Waals surface area contributed by atoms with Crippen LogP contribution in [0.2, 0.25) is 0 Å². The molecule has 23 heavy (non-hydrogen) atoms. The van der Waals surface area contributed by atoms with Gasteiger partial charge in [0.15, 0.2) is 11.5 Å². The van der Waals surface area contributed by atoms with Crippen LogP contribution in [-0.4, -0.2) is 32.6 Å². The zero-order chi connectivity index (χ0) is 17.0. The lowest BCUT2D eigenvalue weighted by Crippen LogP contribution is -2.28. The molecule has 124 valence electrons. The molecule has 9 heteroatoms. The molecule has 0 aliphatic heterocycles. The summed E-state index contributed by atoms with van der Waals surface area (Å²) in [5, 5.41) is 0. The van der Waals surface area contributed by atoms with Crippen molar-refractivity contribution in [2.24, 2.45) is 0 Å². The first-order valence-electron chi connectivity index (χ1n) is 6.58. The molecule has 1 atom stereocenters. The monoisotopic (exact) mass is 341 g/mol. The fourth-order valence-corrected chi connectivity index (χ4v) is 3.22. The molecule has 0 amide bonds. The first-order valence-corrected chi connectivity index (χ1v) is 8.07. The van der Waals surface area contributed by atoms with Crippen molar-refractivity contribution in [2.75, 3.05) is 14.2 Å². The fourth-order valence-electron chi connectivity index (χ4n) is 1.93. The number of methoxy groups -OCH3 is 2.